The fraction of sp³-hybridized carbons (Fsp3) is 0.333. The Morgan fingerprint density at radius 2 is 1.79 bits per heavy atom. The Bertz CT molecular complexity index is 1060. The van der Waals surface area contributed by atoms with Crippen molar-refractivity contribution in [3.05, 3.63) is 65.7 Å². The van der Waals surface area contributed by atoms with Gasteiger partial charge in [-0.2, -0.15) is 0 Å². The Hall–Kier alpha value is -0.470. The molecular weight excluding hydrogens is 553 g/mol. The van der Waals surface area contributed by atoms with Gasteiger partial charge in [0.25, 0.3) is 5.91 Å². The number of hydrogen-bond acceptors (Lipinski definition) is 8. The molecule has 1 amide bonds. The highest BCUT2D eigenvalue weighted by Crippen LogP contribution is 2.80. The van der Waals surface area contributed by atoms with Crippen LogP contribution in [0.4, 0.5) is 0 Å². The van der Waals surface area contributed by atoms with Crippen molar-refractivity contribution in [2.45, 2.75) is 19.4 Å². The first-order chi connectivity index (χ1) is 15.7. The molecule has 178 valence electrons. The third kappa shape index (κ3) is 8.60. The summed E-state index contributed by atoms with van der Waals surface area (Å²) in [7, 11) is 0. The predicted octanol–water partition coefficient (Wildman–Crippen LogP) is 5.96. The lowest BCUT2D eigenvalue weighted by Crippen LogP contribution is -2.43. The summed E-state index contributed by atoms with van der Waals surface area (Å²) < 4.78 is 9.63. The Labute approximate surface area is 218 Å². The van der Waals surface area contributed by atoms with Gasteiger partial charge in [-0.3, -0.25) is 4.79 Å². The zero-order chi connectivity index (χ0) is 23.9. The third-order valence-electron chi connectivity index (χ3n) is 4.53. The highest BCUT2D eigenvalue weighted by molar-refractivity contribution is 9.03. The van der Waals surface area contributed by atoms with Crippen LogP contribution in [-0.2, 0) is 39.6 Å². The SMILES string of the molecule is CCOC(=O)[C@H](Cc1ccc(OP(=S)(S)CP2(=S)SCCS2)cc1)NC(=O)c1ccccc1. The largest absolute Gasteiger partial charge is 0.464 e. The molecule has 0 bridgehead atoms. The summed E-state index contributed by atoms with van der Waals surface area (Å²) in [6, 6.07) is 15.3. The van der Waals surface area contributed by atoms with Crippen LogP contribution < -0.4 is 9.84 Å². The Morgan fingerprint density at radius 3 is 2.39 bits per heavy atom. The number of hydrogen-bond donors (Lipinski definition) is 2. The minimum absolute atomic E-state index is 0.236. The second kappa shape index (κ2) is 12.5. The minimum Gasteiger partial charge on any atom is -0.464 e. The standard InChI is InChI=1S/C21H25NO4P2S5/c1-2-25-21(24)19(22-20(23)17-6-4-3-5-7-17)14-16-8-10-18(11-9-16)26-27(29,30)15-28(31)32-12-13-33-28/h3-11,19H,2,12-15H2,1H3,(H,22,23)(H,29,30)/t19-/m0/s1. The molecule has 1 aliphatic rings. The number of ether oxygens (including phenoxy) is 1. The van der Waals surface area contributed by atoms with Crippen molar-refractivity contribution in [3.8, 4) is 5.75 Å². The van der Waals surface area contributed by atoms with Gasteiger partial charge in [-0.15, -0.1) is 35.0 Å². The molecule has 1 aliphatic heterocycles. The smallest absolute Gasteiger partial charge is 0.328 e. The molecule has 0 aliphatic carbocycles. The van der Waals surface area contributed by atoms with Crippen LogP contribution in [0.25, 0.3) is 0 Å². The number of rotatable bonds is 10. The Morgan fingerprint density at radius 1 is 1.15 bits per heavy atom. The van der Waals surface area contributed by atoms with Crippen molar-refractivity contribution in [1.29, 1.82) is 0 Å². The van der Waals surface area contributed by atoms with E-state index in [2.05, 4.69) is 17.6 Å². The van der Waals surface area contributed by atoms with E-state index in [1.165, 1.54) is 0 Å². The van der Waals surface area contributed by atoms with E-state index in [1.807, 2.05) is 53.1 Å². The van der Waals surface area contributed by atoms with Crippen LogP contribution in [0, 0.1) is 0 Å². The number of carbonyl (C=O) groups excluding carboxylic acids is 2. The van der Waals surface area contributed by atoms with Gasteiger partial charge in [-0.05, 0) is 48.6 Å². The van der Waals surface area contributed by atoms with E-state index in [0.717, 1.165) is 17.1 Å². The number of esters is 1. The van der Waals surface area contributed by atoms with Gasteiger partial charge in [0.1, 0.15) is 11.8 Å². The van der Waals surface area contributed by atoms with E-state index in [0.29, 0.717) is 23.6 Å². The molecule has 12 heteroatoms. The van der Waals surface area contributed by atoms with Gasteiger partial charge >= 0.3 is 5.97 Å². The summed E-state index contributed by atoms with van der Waals surface area (Å²) in [4.78, 5) is 25.0. The first kappa shape index (κ1) is 27.1. The molecule has 2 aromatic carbocycles. The van der Waals surface area contributed by atoms with Crippen LogP contribution in [0.3, 0.4) is 0 Å². The van der Waals surface area contributed by atoms with Crippen LogP contribution in [0.1, 0.15) is 22.8 Å². The third-order valence-corrected chi connectivity index (χ3v) is 22.7. The van der Waals surface area contributed by atoms with Crippen molar-refractivity contribution in [3.63, 3.8) is 0 Å². The van der Waals surface area contributed by atoms with Crippen LogP contribution in [0.5, 0.6) is 5.75 Å². The Kier molecular flexibility index (Phi) is 10.3. The molecule has 1 saturated heterocycles. The maximum Gasteiger partial charge on any atom is 0.328 e. The Balaban J connectivity index is 1.65. The minimum atomic E-state index is -2.35. The number of nitrogens with one attached hydrogen (secondary N) is 1. The van der Waals surface area contributed by atoms with Crippen LogP contribution in [0.15, 0.2) is 54.6 Å². The van der Waals surface area contributed by atoms with Crippen LogP contribution in [-0.4, -0.2) is 41.9 Å². The first-order valence-corrected chi connectivity index (χ1v) is 20.4. The monoisotopic (exact) mass is 577 g/mol. The number of benzene rings is 2. The number of carbonyl (C=O) groups is 2. The summed E-state index contributed by atoms with van der Waals surface area (Å²) >= 11 is 19.8. The fourth-order valence-corrected chi connectivity index (χ4v) is 27.9. The second-order valence-corrected chi connectivity index (χ2v) is 26.0. The van der Waals surface area contributed by atoms with E-state index >= 15 is 0 Å². The molecule has 33 heavy (non-hydrogen) atoms. The molecule has 1 unspecified atom stereocenters. The van der Waals surface area contributed by atoms with Crippen molar-refractivity contribution >= 4 is 80.4 Å². The van der Waals surface area contributed by atoms with Gasteiger partial charge < -0.3 is 14.6 Å². The number of thiol groups is 1. The van der Waals surface area contributed by atoms with Gasteiger partial charge in [-0.25, -0.2) is 4.79 Å². The lowest BCUT2D eigenvalue weighted by Gasteiger charge is -2.23. The topological polar surface area (TPSA) is 64.6 Å². The molecule has 1 N–H and O–H groups in total. The normalized spacial score (nSPS) is 17.5. The molecule has 0 radical (unpaired) electrons. The second-order valence-electron chi connectivity index (χ2n) is 7.14. The van der Waals surface area contributed by atoms with Crippen molar-refractivity contribution in [2.75, 3.05) is 24.0 Å². The van der Waals surface area contributed by atoms with E-state index in [4.69, 9.17) is 32.9 Å². The fourth-order valence-electron chi connectivity index (χ4n) is 3.07. The molecule has 5 nitrogen and oxygen atoms in total. The molecule has 0 spiro atoms. The average molecular weight is 578 g/mol. The summed E-state index contributed by atoms with van der Waals surface area (Å²) in [5, 5.41) is 2.78. The number of amides is 1. The molecule has 2 atom stereocenters. The summed E-state index contributed by atoms with van der Waals surface area (Å²) in [5.41, 5.74) is -1.01. The molecule has 0 saturated carbocycles. The van der Waals surface area contributed by atoms with Gasteiger partial charge in [0.2, 0.25) is 0 Å². The lowest BCUT2D eigenvalue weighted by molar-refractivity contribution is -0.145. The average Bonchev–Trinajstić information content (AvgIpc) is 3.20. The summed E-state index contributed by atoms with van der Waals surface area (Å²) in [6.45, 7) is 1.97. The quantitative estimate of drug-likeness (QED) is 0.204. The van der Waals surface area contributed by atoms with E-state index < -0.39 is 21.9 Å². The van der Waals surface area contributed by atoms with Crippen LogP contribution in [0.2, 0.25) is 0 Å². The first-order valence-electron chi connectivity index (χ1n) is 10.2. The van der Waals surface area contributed by atoms with Gasteiger partial charge in [0.15, 0.2) is 5.47 Å². The molecule has 2 aromatic rings. The van der Waals surface area contributed by atoms with Gasteiger partial charge in [-0.1, -0.05) is 42.1 Å². The van der Waals surface area contributed by atoms with E-state index in [9.17, 15) is 9.59 Å². The van der Waals surface area contributed by atoms with Crippen molar-refractivity contribution in [1.82, 2.24) is 5.32 Å². The van der Waals surface area contributed by atoms with Crippen molar-refractivity contribution in [2.24, 2.45) is 0 Å². The van der Waals surface area contributed by atoms with Crippen molar-refractivity contribution < 1.29 is 18.8 Å². The summed E-state index contributed by atoms with van der Waals surface area (Å²) in [6.07, 6.45) is 0.292. The van der Waals surface area contributed by atoms with E-state index in [-0.39, 0.29) is 12.5 Å². The molecular formula is C21H25NO4P2S5. The lowest BCUT2D eigenvalue weighted by atomic mass is 10.1. The zero-order valence-electron chi connectivity index (χ0n) is 17.9. The molecule has 3 rings (SSSR count). The van der Waals surface area contributed by atoms with Gasteiger partial charge in [0.05, 0.1) is 17.0 Å². The molecule has 0 aromatic heterocycles. The highest BCUT2D eigenvalue weighted by Gasteiger charge is 2.31. The van der Waals surface area contributed by atoms with E-state index in [1.54, 1.807) is 31.2 Å². The highest BCUT2D eigenvalue weighted by atomic mass is 33.2. The predicted molar refractivity (Wildman–Crippen MR) is 152 cm³/mol. The van der Waals surface area contributed by atoms with Crippen LogP contribution >= 0.6 is 44.9 Å². The molecule has 1 fully saturated rings. The summed E-state index contributed by atoms with van der Waals surface area (Å²) in [5.74, 6) is 2.65. The zero-order valence-corrected chi connectivity index (χ0v) is 23.9. The maximum atomic E-state index is 12.6. The molecule has 1 heterocycles. The van der Waals surface area contributed by atoms with Gasteiger partial charge in [0, 0.05) is 23.5 Å². The maximum absolute atomic E-state index is 12.6.